The number of hydrogen-bond donors (Lipinski definition) is 2. The highest BCUT2D eigenvalue weighted by Crippen LogP contribution is 2.12. The van der Waals surface area contributed by atoms with E-state index in [0.717, 1.165) is 43.4 Å². The number of rotatable bonds is 6. The maximum Gasteiger partial charge on any atom is 0.275 e. The smallest absolute Gasteiger partial charge is 0.275 e. The van der Waals surface area contributed by atoms with Gasteiger partial charge in [0, 0.05) is 18.9 Å². The molecular weight excluding hydrogens is 318 g/mol. The minimum absolute atomic E-state index is 0.0715. The van der Waals surface area contributed by atoms with E-state index in [2.05, 4.69) is 20.2 Å². The molecule has 2 N–H and O–H groups in total. The summed E-state index contributed by atoms with van der Waals surface area (Å²) in [5, 5.41) is 2.99. The average Bonchev–Trinajstić information content (AvgIpc) is 2.68. The van der Waals surface area contributed by atoms with Crippen molar-refractivity contribution in [2.45, 2.75) is 6.54 Å². The number of amides is 1. The van der Waals surface area contributed by atoms with E-state index in [1.807, 2.05) is 30.3 Å². The number of quaternary nitrogens is 1. The normalized spacial score (nSPS) is 15.0. The van der Waals surface area contributed by atoms with Gasteiger partial charge >= 0.3 is 0 Å². The van der Waals surface area contributed by atoms with Crippen molar-refractivity contribution in [2.75, 3.05) is 44.7 Å². The molecule has 0 unspecified atom stereocenters. The van der Waals surface area contributed by atoms with Crippen molar-refractivity contribution in [3.8, 4) is 5.75 Å². The topological polar surface area (TPSA) is 71.8 Å². The van der Waals surface area contributed by atoms with Gasteiger partial charge in [0.05, 0.1) is 33.3 Å². The number of carbonyl (C=O) groups excluding carboxylic acids is 1. The van der Waals surface area contributed by atoms with Gasteiger partial charge in [-0.25, -0.2) is 9.97 Å². The lowest BCUT2D eigenvalue weighted by molar-refractivity contribution is -0.892. The zero-order chi connectivity index (χ0) is 17.5. The third kappa shape index (κ3) is 4.90. The second kappa shape index (κ2) is 8.43. The molecule has 1 aromatic heterocycles. The number of hydrogen-bond acceptors (Lipinski definition) is 5. The van der Waals surface area contributed by atoms with Crippen molar-refractivity contribution >= 4 is 11.9 Å². The molecule has 132 valence electrons. The van der Waals surface area contributed by atoms with Crippen LogP contribution in [-0.4, -0.2) is 55.7 Å². The van der Waals surface area contributed by atoms with Crippen molar-refractivity contribution in [1.82, 2.24) is 15.3 Å². The van der Waals surface area contributed by atoms with Gasteiger partial charge in [-0.15, -0.1) is 0 Å². The third-order valence-electron chi connectivity index (χ3n) is 4.34. The predicted octanol–water partition coefficient (Wildman–Crippen LogP) is -0.493. The Balaban J connectivity index is 1.42. The Morgan fingerprint density at radius 2 is 2.00 bits per heavy atom. The van der Waals surface area contributed by atoms with E-state index in [0.29, 0.717) is 13.1 Å². The largest absolute Gasteiger partial charge is 0.497 e. The van der Waals surface area contributed by atoms with Crippen molar-refractivity contribution < 1.29 is 14.4 Å². The quantitative estimate of drug-likeness (QED) is 0.741. The first kappa shape index (κ1) is 17.2. The summed E-state index contributed by atoms with van der Waals surface area (Å²) in [6, 6.07) is 9.56. The van der Waals surface area contributed by atoms with Crippen molar-refractivity contribution in [3.05, 3.63) is 48.3 Å². The molecule has 7 heteroatoms. The van der Waals surface area contributed by atoms with Crippen LogP contribution in [0.1, 0.15) is 5.56 Å². The van der Waals surface area contributed by atoms with Gasteiger partial charge in [-0.1, -0.05) is 12.1 Å². The molecular formula is C18H24N5O2+. The average molecular weight is 342 g/mol. The molecule has 1 aliphatic heterocycles. The van der Waals surface area contributed by atoms with Crippen molar-refractivity contribution in [1.29, 1.82) is 0 Å². The second-order valence-corrected chi connectivity index (χ2v) is 6.09. The van der Waals surface area contributed by atoms with Gasteiger partial charge in [0.25, 0.3) is 5.91 Å². The molecule has 0 bridgehead atoms. The molecule has 1 amide bonds. The molecule has 1 fully saturated rings. The van der Waals surface area contributed by atoms with Crippen LogP contribution in [0.4, 0.5) is 5.95 Å². The zero-order valence-corrected chi connectivity index (χ0v) is 14.4. The minimum atomic E-state index is 0.0715. The molecule has 2 aromatic rings. The first-order chi connectivity index (χ1) is 12.2. The van der Waals surface area contributed by atoms with Gasteiger partial charge in [0.1, 0.15) is 5.75 Å². The molecule has 25 heavy (non-hydrogen) atoms. The van der Waals surface area contributed by atoms with Crippen molar-refractivity contribution in [2.24, 2.45) is 0 Å². The fraction of sp³-hybridized carbons (Fsp3) is 0.389. The lowest BCUT2D eigenvalue weighted by Crippen LogP contribution is -3.16. The van der Waals surface area contributed by atoms with Gasteiger partial charge in [-0.3, -0.25) is 4.79 Å². The summed E-state index contributed by atoms with van der Waals surface area (Å²) in [6.07, 6.45) is 3.52. The number of nitrogens with one attached hydrogen (secondary N) is 2. The highest BCUT2D eigenvalue weighted by Gasteiger charge is 2.23. The molecule has 2 heterocycles. The SMILES string of the molecule is COc1cccc(CNC(=O)C[NH+]2CCN(c3ncccn3)CC2)c1. The van der Waals surface area contributed by atoms with Crippen LogP contribution in [-0.2, 0) is 11.3 Å². The Morgan fingerprint density at radius 3 is 2.72 bits per heavy atom. The van der Waals surface area contributed by atoms with Gasteiger partial charge < -0.3 is 19.9 Å². The van der Waals surface area contributed by atoms with Gasteiger partial charge in [0.2, 0.25) is 5.95 Å². The number of nitrogens with zero attached hydrogens (tertiary/aromatic N) is 3. The summed E-state index contributed by atoms with van der Waals surface area (Å²) >= 11 is 0. The Bertz CT molecular complexity index is 687. The van der Waals surface area contributed by atoms with Crippen LogP contribution in [0.15, 0.2) is 42.7 Å². The first-order valence-corrected chi connectivity index (χ1v) is 8.50. The van der Waals surface area contributed by atoms with E-state index in [1.165, 1.54) is 4.90 Å². The standard InChI is InChI=1S/C18H23N5O2/c1-25-16-5-2-4-15(12-16)13-21-17(24)14-22-8-10-23(11-9-22)18-19-6-3-7-20-18/h2-7,12H,8-11,13-14H2,1H3,(H,21,24)/p+1. The summed E-state index contributed by atoms with van der Waals surface area (Å²) in [4.78, 5) is 24.2. The molecule has 1 aliphatic rings. The van der Waals surface area contributed by atoms with Gasteiger partial charge in [-0.2, -0.15) is 0 Å². The highest BCUT2D eigenvalue weighted by molar-refractivity contribution is 5.76. The van der Waals surface area contributed by atoms with Gasteiger partial charge in [0.15, 0.2) is 6.54 Å². The first-order valence-electron chi connectivity index (χ1n) is 8.50. The number of benzene rings is 1. The predicted molar refractivity (Wildman–Crippen MR) is 94.6 cm³/mol. The lowest BCUT2D eigenvalue weighted by Gasteiger charge is -2.31. The second-order valence-electron chi connectivity index (χ2n) is 6.09. The number of aromatic nitrogens is 2. The van der Waals surface area contributed by atoms with Crippen LogP contribution in [0, 0.1) is 0 Å². The highest BCUT2D eigenvalue weighted by atomic mass is 16.5. The molecule has 3 rings (SSSR count). The Hall–Kier alpha value is -2.67. The molecule has 0 saturated carbocycles. The summed E-state index contributed by atoms with van der Waals surface area (Å²) < 4.78 is 5.20. The van der Waals surface area contributed by atoms with Crippen LogP contribution in [0.5, 0.6) is 5.75 Å². The Labute approximate surface area is 147 Å². The summed E-state index contributed by atoms with van der Waals surface area (Å²) in [6.45, 7) is 4.56. The van der Waals surface area contributed by atoms with Crippen molar-refractivity contribution in [3.63, 3.8) is 0 Å². The molecule has 0 radical (unpaired) electrons. The maximum absolute atomic E-state index is 12.2. The molecule has 0 atom stereocenters. The fourth-order valence-corrected chi connectivity index (χ4v) is 2.93. The monoisotopic (exact) mass is 342 g/mol. The number of methoxy groups -OCH3 is 1. The third-order valence-corrected chi connectivity index (χ3v) is 4.34. The van der Waals surface area contributed by atoms with Crippen LogP contribution < -0.4 is 19.9 Å². The Morgan fingerprint density at radius 1 is 1.24 bits per heavy atom. The number of anilines is 1. The van der Waals surface area contributed by atoms with Crippen LogP contribution in [0.25, 0.3) is 0 Å². The summed E-state index contributed by atoms with van der Waals surface area (Å²) in [5.41, 5.74) is 1.04. The van der Waals surface area contributed by atoms with E-state index in [-0.39, 0.29) is 5.91 Å². The molecule has 7 nitrogen and oxygen atoms in total. The van der Waals surface area contributed by atoms with Gasteiger partial charge in [-0.05, 0) is 23.8 Å². The van der Waals surface area contributed by atoms with Crippen LogP contribution >= 0.6 is 0 Å². The molecule has 1 aromatic carbocycles. The fourth-order valence-electron chi connectivity index (χ4n) is 2.93. The van der Waals surface area contributed by atoms with E-state index >= 15 is 0 Å². The summed E-state index contributed by atoms with van der Waals surface area (Å²) in [5.74, 6) is 1.64. The van der Waals surface area contributed by atoms with Crippen LogP contribution in [0.3, 0.4) is 0 Å². The molecule has 0 spiro atoms. The number of carbonyl (C=O) groups is 1. The Kier molecular flexibility index (Phi) is 5.79. The van der Waals surface area contributed by atoms with E-state index < -0.39 is 0 Å². The van der Waals surface area contributed by atoms with E-state index in [1.54, 1.807) is 19.5 Å². The van der Waals surface area contributed by atoms with E-state index in [4.69, 9.17) is 4.74 Å². The lowest BCUT2D eigenvalue weighted by atomic mass is 10.2. The molecule has 1 saturated heterocycles. The summed E-state index contributed by atoms with van der Waals surface area (Å²) in [7, 11) is 1.64. The number of ether oxygens (including phenoxy) is 1. The molecule has 0 aliphatic carbocycles. The van der Waals surface area contributed by atoms with E-state index in [9.17, 15) is 4.79 Å². The maximum atomic E-state index is 12.2. The zero-order valence-electron chi connectivity index (χ0n) is 14.4. The number of piperazine rings is 1. The van der Waals surface area contributed by atoms with Crippen LogP contribution in [0.2, 0.25) is 0 Å². The minimum Gasteiger partial charge on any atom is -0.497 e.